The van der Waals surface area contributed by atoms with Crippen LogP contribution in [-0.2, 0) is 16.6 Å². The molecule has 5 nitrogen and oxygen atoms in total. The summed E-state index contributed by atoms with van der Waals surface area (Å²) in [6.45, 7) is 2.03. The van der Waals surface area contributed by atoms with E-state index in [1.54, 1.807) is 16.9 Å². The SMILES string of the molecule is CCc1cc2ncc(C3(C(=O)O)CC3)cn2n1. The van der Waals surface area contributed by atoms with Gasteiger partial charge >= 0.3 is 5.97 Å². The summed E-state index contributed by atoms with van der Waals surface area (Å²) in [6.07, 6.45) is 5.69. The molecular formula is C12H13N3O2. The van der Waals surface area contributed by atoms with E-state index in [9.17, 15) is 9.90 Å². The van der Waals surface area contributed by atoms with Crippen LogP contribution in [0.15, 0.2) is 18.5 Å². The normalized spacial score (nSPS) is 17.2. The fourth-order valence-corrected chi connectivity index (χ4v) is 2.10. The summed E-state index contributed by atoms with van der Waals surface area (Å²) in [5.74, 6) is -0.762. The number of aliphatic carboxylic acids is 1. The lowest BCUT2D eigenvalue weighted by atomic mass is 10.00. The zero-order valence-electron chi connectivity index (χ0n) is 9.55. The van der Waals surface area contributed by atoms with Gasteiger partial charge in [0.05, 0.1) is 11.1 Å². The molecular weight excluding hydrogens is 218 g/mol. The third kappa shape index (κ3) is 1.42. The van der Waals surface area contributed by atoms with Crippen molar-refractivity contribution in [3.05, 3.63) is 29.7 Å². The molecule has 5 heteroatoms. The molecule has 1 aliphatic carbocycles. The van der Waals surface area contributed by atoms with Crippen LogP contribution in [0.3, 0.4) is 0 Å². The number of rotatable bonds is 3. The summed E-state index contributed by atoms with van der Waals surface area (Å²) < 4.78 is 1.68. The van der Waals surface area contributed by atoms with E-state index in [0.29, 0.717) is 12.8 Å². The average Bonchev–Trinajstić information content (AvgIpc) is 3.03. The van der Waals surface area contributed by atoms with Gasteiger partial charge in [-0.2, -0.15) is 5.10 Å². The van der Waals surface area contributed by atoms with Crippen LogP contribution in [0, 0.1) is 0 Å². The van der Waals surface area contributed by atoms with Crippen molar-refractivity contribution in [3.63, 3.8) is 0 Å². The molecule has 2 aromatic rings. The van der Waals surface area contributed by atoms with Crippen LogP contribution < -0.4 is 0 Å². The molecule has 0 atom stereocenters. The van der Waals surface area contributed by atoms with Crippen LogP contribution in [0.5, 0.6) is 0 Å². The van der Waals surface area contributed by atoms with Gasteiger partial charge in [-0.1, -0.05) is 6.92 Å². The van der Waals surface area contributed by atoms with Crippen LogP contribution >= 0.6 is 0 Å². The van der Waals surface area contributed by atoms with Gasteiger partial charge in [-0.15, -0.1) is 0 Å². The monoisotopic (exact) mass is 231 g/mol. The maximum Gasteiger partial charge on any atom is 0.314 e. The Labute approximate surface area is 98.1 Å². The van der Waals surface area contributed by atoms with Gasteiger partial charge in [0.25, 0.3) is 0 Å². The number of aryl methyl sites for hydroxylation is 1. The van der Waals surface area contributed by atoms with Crippen molar-refractivity contribution in [2.24, 2.45) is 0 Å². The van der Waals surface area contributed by atoms with E-state index in [0.717, 1.165) is 23.3 Å². The maximum atomic E-state index is 11.2. The Morgan fingerprint density at radius 1 is 1.59 bits per heavy atom. The van der Waals surface area contributed by atoms with Gasteiger partial charge in [-0.05, 0) is 19.3 Å². The number of hydrogen-bond donors (Lipinski definition) is 1. The van der Waals surface area contributed by atoms with Crippen LogP contribution in [0.25, 0.3) is 5.65 Å². The lowest BCUT2D eigenvalue weighted by Gasteiger charge is -2.09. The summed E-state index contributed by atoms with van der Waals surface area (Å²) in [5.41, 5.74) is 1.78. The fourth-order valence-electron chi connectivity index (χ4n) is 2.10. The zero-order valence-corrected chi connectivity index (χ0v) is 9.55. The highest BCUT2D eigenvalue weighted by molar-refractivity contribution is 5.84. The Morgan fingerprint density at radius 2 is 2.35 bits per heavy atom. The Kier molecular flexibility index (Phi) is 1.98. The first-order valence-electron chi connectivity index (χ1n) is 5.74. The van der Waals surface area contributed by atoms with Crippen LogP contribution in [-0.4, -0.2) is 25.7 Å². The fraction of sp³-hybridized carbons (Fsp3) is 0.417. The molecule has 0 radical (unpaired) electrons. The molecule has 0 aliphatic heterocycles. The first-order valence-corrected chi connectivity index (χ1v) is 5.74. The molecule has 1 saturated carbocycles. The number of carboxylic acid groups (broad SMARTS) is 1. The molecule has 0 aromatic carbocycles. The van der Waals surface area contributed by atoms with Crippen LogP contribution in [0.2, 0.25) is 0 Å². The van der Waals surface area contributed by atoms with E-state index in [-0.39, 0.29) is 0 Å². The summed E-state index contributed by atoms with van der Waals surface area (Å²) in [5, 5.41) is 13.6. The molecule has 0 unspecified atom stereocenters. The van der Waals surface area contributed by atoms with E-state index in [2.05, 4.69) is 10.1 Å². The third-order valence-electron chi connectivity index (χ3n) is 3.44. The minimum absolute atomic E-state index is 0.692. The predicted octanol–water partition coefficient (Wildman–Crippen LogP) is 1.41. The molecule has 88 valence electrons. The second-order valence-electron chi connectivity index (χ2n) is 4.52. The predicted molar refractivity (Wildman–Crippen MR) is 60.9 cm³/mol. The molecule has 3 rings (SSSR count). The van der Waals surface area contributed by atoms with E-state index in [1.165, 1.54) is 0 Å². The number of fused-ring (bicyclic) bond motifs is 1. The molecule has 0 amide bonds. The van der Waals surface area contributed by atoms with Crippen molar-refractivity contribution in [1.29, 1.82) is 0 Å². The minimum Gasteiger partial charge on any atom is -0.481 e. The molecule has 2 heterocycles. The van der Waals surface area contributed by atoms with Crippen molar-refractivity contribution in [1.82, 2.24) is 14.6 Å². The second-order valence-corrected chi connectivity index (χ2v) is 4.52. The van der Waals surface area contributed by atoms with Crippen LogP contribution in [0.4, 0.5) is 0 Å². The summed E-state index contributed by atoms with van der Waals surface area (Å²) in [4.78, 5) is 15.5. The van der Waals surface area contributed by atoms with Gasteiger partial charge in [-0.25, -0.2) is 9.50 Å². The second kappa shape index (κ2) is 3.29. The molecule has 0 spiro atoms. The topological polar surface area (TPSA) is 67.5 Å². The number of carboxylic acids is 1. The summed E-state index contributed by atoms with van der Waals surface area (Å²) in [6, 6.07) is 1.92. The Balaban J connectivity index is 2.10. The number of nitrogens with zero attached hydrogens (tertiary/aromatic N) is 3. The lowest BCUT2D eigenvalue weighted by Crippen LogP contribution is -2.20. The standard InChI is InChI=1S/C12H13N3O2/c1-2-9-5-10-13-6-8(7-15(10)14-9)12(3-4-12)11(16)17/h5-7H,2-4H2,1H3,(H,16,17). The van der Waals surface area contributed by atoms with Gasteiger partial charge in [0.1, 0.15) is 0 Å². The van der Waals surface area contributed by atoms with Crippen LogP contribution in [0.1, 0.15) is 31.0 Å². The Morgan fingerprint density at radius 3 is 2.94 bits per heavy atom. The van der Waals surface area contributed by atoms with Gasteiger partial charge in [0, 0.05) is 24.0 Å². The lowest BCUT2D eigenvalue weighted by molar-refractivity contribution is -0.140. The first-order chi connectivity index (χ1) is 8.15. The molecule has 1 N–H and O–H groups in total. The number of hydrogen-bond acceptors (Lipinski definition) is 3. The molecule has 0 saturated heterocycles. The van der Waals surface area contributed by atoms with Gasteiger partial charge in [-0.3, -0.25) is 4.79 Å². The highest BCUT2D eigenvalue weighted by Crippen LogP contribution is 2.48. The molecule has 2 aromatic heterocycles. The zero-order chi connectivity index (χ0) is 12.0. The number of aromatic nitrogens is 3. The van der Waals surface area contributed by atoms with Gasteiger partial charge < -0.3 is 5.11 Å². The van der Waals surface area contributed by atoms with Crippen molar-refractivity contribution in [2.45, 2.75) is 31.6 Å². The van der Waals surface area contributed by atoms with Gasteiger partial charge in [0.2, 0.25) is 0 Å². The van der Waals surface area contributed by atoms with Crippen molar-refractivity contribution in [3.8, 4) is 0 Å². The Hall–Kier alpha value is -1.91. The number of carbonyl (C=O) groups is 1. The third-order valence-corrected chi connectivity index (χ3v) is 3.44. The highest BCUT2D eigenvalue weighted by Gasteiger charge is 2.52. The van der Waals surface area contributed by atoms with Crippen molar-refractivity contribution in [2.75, 3.05) is 0 Å². The van der Waals surface area contributed by atoms with Gasteiger partial charge in [0.15, 0.2) is 5.65 Å². The smallest absolute Gasteiger partial charge is 0.314 e. The summed E-state index contributed by atoms with van der Waals surface area (Å²) in [7, 11) is 0. The maximum absolute atomic E-state index is 11.2. The van der Waals surface area contributed by atoms with E-state index >= 15 is 0 Å². The summed E-state index contributed by atoms with van der Waals surface area (Å²) >= 11 is 0. The Bertz CT molecular complexity index is 599. The largest absolute Gasteiger partial charge is 0.481 e. The average molecular weight is 231 g/mol. The van der Waals surface area contributed by atoms with E-state index in [1.807, 2.05) is 13.0 Å². The van der Waals surface area contributed by atoms with Crippen molar-refractivity contribution >= 4 is 11.6 Å². The molecule has 0 bridgehead atoms. The molecule has 17 heavy (non-hydrogen) atoms. The molecule has 1 aliphatic rings. The van der Waals surface area contributed by atoms with Crippen molar-refractivity contribution < 1.29 is 9.90 Å². The minimum atomic E-state index is -0.762. The quantitative estimate of drug-likeness (QED) is 0.867. The molecule has 1 fully saturated rings. The highest BCUT2D eigenvalue weighted by atomic mass is 16.4. The van der Waals surface area contributed by atoms with E-state index < -0.39 is 11.4 Å². The first kappa shape index (κ1) is 10.3. The van der Waals surface area contributed by atoms with E-state index in [4.69, 9.17) is 0 Å².